The summed E-state index contributed by atoms with van der Waals surface area (Å²) in [5.41, 5.74) is 6.90. The molecule has 0 radical (unpaired) electrons. The summed E-state index contributed by atoms with van der Waals surface area (Å²) in [6, 6.07) is 6.06. The summed E-state index contributed by atoms with van der Waals surface area (Å²) in [6.45, 7) is 2.64. The summed E-state index contributed by atoms with van der Waals surface area (Å²) in [5, 5.41) is 2.68. The van der Waals surface area contributed by atoms with Gasteiger partial charge in [0.15, 0.2) is 0 Å². The largest absolute Gasteiger partial charge is 0.366 e. The number of thioether (sulfide) groups is 1. The third kappa shape index (κ3) is 4.18. The maximum absolute atomic E-state index is 12.6. The van der Waals surface area contributed by atoms with E-state index >= 15 is 0 Å². The fourth-order valence-electron chi connectivity index (χ4n) is 2.81. The van der Waals surface area contributed by atoms with Gasteiger partial charge in [-0.05, 0) is 36.8 Å². The number of nitrogens with one attached hydrogen (secondary N) is 2. The van der Waals surface area contributed by atoms with Gasteiger partial charge in [0.2, 0.25) is 15.9 Å². The van der Waals surface area contributed by atoms with E-state index in [0.717, 1.165) is 11.5 Å². The second-order valence-corrected chi connectivity index (χ2v) is 9.28. The van der Waals surface area contributed by atoms with Crippen LogP contribution in [0.15, 0.2) is 35.4 Å². The van der Waals surface area contributed by atoms with Gasteiger partial charge in [0.05, 0.1) is 0 Å². The van der Waals surface area contributed by atoms with Crippen molar-refractivity contribution in [2.45, 2.75) is 11.8 Å². The molecule has 0 bridgehead atoms. The number of carbonyl (C=O) groups is 2. The highest BCUT2D eigenvalue weighted by molar-refractivity contribution is 7.99. The summed E-state index contributed by atoms with van der Waals surface area (Å²) in [5.74, 6) is 0.507. The number of benzene rings is 1. The molecule has 27 heavy (non-hydrogen) atoms. The Kier molecular flexibility index (Phi) is 5.59. The number of aromatic nitrogens is 1. The monoisotopic (exact) mass is 408 g/mol. The molecule has 0 saturated carbocycles. The van der Waals surface area contributed by atoms with Gasteiger partial charge >= 0.3 is 0 Å². The fraction of sp³-hybridized carbons (Fsp3) is 0.294. The summed E-state index contributed by atoms with van der Waals surface area (Å²) in [4.78, 5) is 26.5. The highest BCUT2D eigenvalue weighted by atomic mass is 32.2. The molecule has 144 valence electrons. The molecule has 1 aromatic carbocycles. The molecule has 1 aliphatic rings. The van der Waals surface area contributed by atoms with Crippen LogP contribution in [0.5, 0.6) is 0 Å². The predicted octanol–water partition coefficient (Wildman–Crippen LogP) is 1.41. The zero-order valence-electron chi connectivity index (χ0n) is 14.7. The first kappa shape index (κ1) is 19.5. The molecule has 4 N–H and O–H groups in total. The van der Waals surface area contributed by atoms with Gasteiger partial charge < -0.3 is 16.0 Å². The number of aromatic amines is 1. The topological polar surface area (TPSA) is 125 Å². The van der Waals surface area contributed by atoms with E-state index in [1.165, 1.54) is 22.6 Å². The maximum Gasteiger partial charge on any atom is 0.272 e. The minimum atomic E-state index is -3.61. The second kappa shape index (κ2) is 7.75. The van der Waals surface area contributed by atoms with Crippen LogP contribution in [0.1, 0.15) is 26.4 Å². The van der Waals surface area contributed by atoms with E-state index in [1.807, 2.05) is 0 Å². The van der Waals surface area contributed by atoms with Crippen LogP contribution in [0.3, 0.4) is 0 Å². The van der Waals surface area contributed by atoms with Crippen LogP contribution in [0.4, 0.5) is 5.69 Å². The SMILES string of the molecule is Cc1cc(NC(=O)c2cc(S(=O)(=O)N3CCSCC3)c[nH]2)ccc1C(N)=O. The van der Waals surface area contributed by atoms with Crippen molar-refractivity contribution in [3.8, 4) is 0 Å². The third-order valence-electron chi connectivity index (χ3n) is 4.26. The fourth-order valence-corrected chi connectivity index (χ4v) is 5.38. The molecule has 0 unspecified atom stereocenters. The molecule has 0 atom stereocenters. The molecular formula is C17H20N4O4S2. The average molecular weight is 409 g/mol. The lowest BCUT2D eigenvalue weighted by Gasteiger charge is -2.24. The van der Waals surface area contributed by atoms with Crippen LogP contribution in [0.25, 0.3) is 0 Å². The van der Waals surface area contributed by atoms with Crippen molar-refractivity contribution >= 4 is 39.3 Å². The van der Waals surface area contributed by atoms with Crippen molar-refractivity contribution in [1.82, 2.24) is 9.29 Å². The van der Waals surface area contributed by atoms with E-state index in [1.54, 1.807) is 30.8 Å². The van der Waals surface area contributed by atoms with Crippen LogP contribution < -0.4 is 11.1 Å². The maximum atomic E-state index is 12.6. The van der Waals surface area contributed by atoms with E-state index < -0.39 is 21.8 Å². The van der Waals surface area contributed by atoms with Gasteiger partial charge in [-0.2, -0.15) is 16.1 Å². The molecule has 8 nitrogen and oxygen atoms in total. The molecule has 1 saturated heterocycles. The Morgan fingerprint density at radius 3 is 2.56 bits per heavy atom. The van der Waals surface area contributed by atoms with Crippen LogP contribution >= 0.6 is 11.8 Å². The Balaban J connectivity index is 1.75. The molecule has 2 aromatic rings. The Labute approximate surface area is 161 Å². The first-order valence-electron chi connectivity index (χ1n) is 8.27. The van der Waals surface area contributed by atoms with E-state index in [0.29, 0.717) is 29.9 Å². The van der Waals surface area contributed by atoms with E-state index in [9.17, 15) is 18.0 Å². The lowest BCUT2D eigenvalue weighted by atomic mass is 10.1. The van der Waals surface area contributed by atoms with Crippen molar-refractivity contribution in [3.63, 3.8) is 0 Å². The molecule has 0 aliphatic carbocycles. The van der Waals surface area contributed by atoms with Gasteiger partial charge in [-0.15, -0.1) is 0 Å². The second-order valence-electron chi connectivity index (χ2n) is 6.11. The van der Waals surface area contributed by atoms with Crippen molar-refractivity contribution < 1.29 is 18.0 Å². The van der Waals surface area contributed by atoms with Gasteiger partial charge in [-0.3, -0.25) is 9.59 Å². The Morgan fingerprint density at radius 1 is 1.22 bits per heavy atom. The van der Waals surface area contributed by atoms with Crippen molar-refractivity contribution in [2.75, 3.05) is 29.9 Å². The number of nitrogens with zero attached hydrogens (tertiary/aromatic N) is 1. The van der Waals surface area contributed by atoms with E-state index in [-0.39, 0.29) is 10.6 Å². The molecule has 10 heteroatoms. The number of anilines is 1. The summed E-state index contributed by atoms with van der Waals surface area (Å²) in [7, 11) is -3.61. The van der Waals surface area contributed by atoms with Crippen LogP contribution in [0.2, 0.25) is 0 Å². The minimum Gasteiger partial charge on any atom is -0.366 e. The summed E-state index contributed by atoms with van der Waals surface area (Å²) in [6.07, 6.45) is 1.33. The molecule has 2 heterocycles. The number of hydrogen-bond acceptors (Lipinski definition) is 5. The van der Waals surface area contributed by atoms with Gasteiger partial charge in [0, 0.05) is 42.0 Å². The number of amides is 2. The predicted molar refractivity (Wildman–Crippen MR) is 105 cm³/mol. The van der Waals surface area contributed by atoms with E-state index in [2.05, 4.69) is 10.3 Å². The number of sulfonamides is 1. The molecule has 1 aliphatic heterocycles. The number of carbonyl (C=O) groups excluding carboxylic acids is 2. The van der Waals surface area contributed by atoms with Gasteiger partial charge in [-0.1, -0.05) is 0 Å². The van der Waals surface area contributed by atoms with Crippen molar-refractivity contribution in [3.05, 3.63) is 47.3 Å². The molecule has 3 rings (SSSR count). The van der Waals surface area contributed by atoms with Crippen LogP contribution in [-0.2, 0) is 10.0 Å². The van der Waals surface area contributed by atoms with Crippen molar-refractivity contribution in [2.24, 2.45) is 5.73 Å². The number of primary amides is 1. The molecular weight excluding hydrogens is 388 g/mol. The number of nitrogens with two attached hydrogens (primary N) is 1. The Bertz CT molecular complexity index is 979. The lowest BCUT2D eigenvalue weighted by Crippen LogP contribution is -2.37. The quantitative estimate of drug-likeness (QED) is 0.690. The highest BCUT2D eigenvalue weighted by Crippen LogP contribution is 2.21. The summed E-state index contributed by atoms with van der Waals surface area (Å²) < 4.78 is 26.7. The van der Waals surface area contributed by atoms with Crippen LogP contribution in [-0.4, -0.2) is 54.1 Å². The Hall–Kier alpha value is -2.30. The number of rotatable bonds is 5. The summed E-state index contributed by atoms with van der Waals surface area (Å²) >= 11 is 1.72. The number of aryl methyl sites for hydroxylation is 1. The first-order valence-corrected chi connectivity index (χ1v) is 10.9. The Morgan fingerprint density at radius 2 is 1.93 bits per heavy atom. The normalized spacial score (nSPS) is 15.4. The average Bonchev–Trinajstić information content (AvgIpc) is 3.13. The van der Waals surface area contributed by atoms with E-state index in [4.69, 9.17) is 5.73 Å². The van der Waals surface area contributed by atoms with Crippen LogP contribution in [0, 0.1) is 6.92 Å². The molecule has 2 amide bonds. The number of H-pyrrole nitrogens is 1. The molecule has 1 fully saturated rings. The highest BCUT2D eigenvalue weighted by Gasteiger charge is 2.27. The first-order chi connectivity index (χ1) is 12.8. The standard InChI is InChI=1S/C17H20N4O4S2/c1-11-8-12(2-3-14(11)16(18)22)20-17(23)15-9-13(10-19-15)27(24,25)21-4-6-26-7-5-21/h2-3,8-10,19H,4-7H2,1H3,(H2,18,22)(H,20,23). The smallest absolute Gasteiger partial charge is 0.272 e. The third-order valence-corrected chi connectivity index (χ3v) is 7.08. The zero-order chi connectivity index (χ0) is 19.6. The van der Waals surface area contributed by atoms with Crippen molar-refractivity contribution in [1.29, 1.82) is 0 Å². The van der Waals surface area contributed by atoms with Gasteiger partial charge in [0.1, 0.15) is 10.6 Å². The van der Waals surface area contributed by atoms with Gasteiger partial charge in [-0.25, -0.2) is 8.42 Å². The lowest BCUT2D eigenvalue weighted by molar-refractivity contribution is 0.0997. The number of hydrogen-bond donors (Lipinski definition) is 3. The zero-order valence-corrected chi connectivity index (χ0v) is 16.3. The molecule has 1 aromatic heterocycles. The van der Waals surface area contributed by atoms with Gasteiger partial charge in [0.25, 0.3) is 5.91 Å². The minimum absolute atomic E-state index is 0.0693. The molecule has 0 spiro atoms.